The predicted molar refractivity (Wildman–Crippen MR) is 80.7 cm³/mol. The highest BCUT2D eigenvalue weighted by Gasteiger charge is 2.18. The molecule has 114 valence electrons. The first-order valence-electron chi connectivity index (χ1n) is 6.85. The number of anilines is 1. The molecule has 0 aromatic heterocycles. The summed E-state index contributed by atoms with van der Waals surface area (Å²) in [5.74, 6) is -1.56. The number of ether oxygens (including phenoxy) is 1. The Morgan fingerprint density at radius 2 is 1.73 bits per heavy atom. The molecule has 0 saturated carbocycles. The average Bonchev–Trinajstić information content (AvgIpc) is 2.50. The highest BCUT2D eigenvalue weighted by Crippen LogP contribution is 2.10. The molecule has 22 heavy (non-hydrogen) atoms. The first-order valence-corrected chi connectivity index (χ1v) is 6.85. The van der Waals surface area contributed by atoms with E-state index < -0.39 is 23.8 Å². The van der Waals surface area contributed by atoms with Crippen LogP contribution in [0.25, 0.3) is 0 Å². The lowest BCUT2D eigenvalue weighted by atomic mass is 10.1. The minimum absolute atomic E-state index is 0.213. The fourth-order valence-electron chi connectivity index (χ4n) is 1.85. The van der Waals surface area contributed by atoms with Crippen LogP contribution in [0.4, 0.5) is 10.1 Å². The zero-order chi connectivity index (χ0) is 15.9. The molecule has 5 heteroatoms. The second-order valence-corrected chi connectivity index (χ2v) is 4.76. The largest absolute Gasteiger partial charge is 0.452 e. The van der Waals surface area contributed by atoms with Crippen molar-refractivity contribution in [2.75, 3.05) is 5.32 Å². The lowest BCUT2D eigenvalue weighted by Crippen LogP contribution is -2.30. The number of carbonyl (C=O) groups is 2. The molecule has 0 aliphatic heterocycles. The van der Waals surface area contributed by atoms with Gasteiger partial charge in [0.15, 0.2) is 6.10 Å². The summed E-state index contributed by atoms with van der Waals surface area (Å²) >= 11 is 0. The van der Waals surface area contributed by atoms with Gasteiger partial charge in [0.2, 0.25) is 0 Å². The second kappa shape index (κ2) is 7.36. The van der Waals surface area contributed by atoms with Crippen LogP contribution in [-0.4, -0.2) is 18.0 Å². The Bertz CT molecular complexity index is 658. The monoisotopic (exact) mass is 301 g/mol. The van der Waals surface area contributed by atoms with E-state index in [2.05, 4.69) is 5.32 Å². The smallest absolute Gasteiger partial charge is 0.311 e. The van der Waals surface area contributed by atoms with Crippen molar-refractivity contribution < 1.29 is 18.7 Å². The van der Waals surface area contributed by atoms with Crippen LogP contribution in [0.1, 0.15) is 12.5 Å². The molecule has 0 unspecified atom stereocenters. The Hall–Kier alpha value is -2.69. The van der Waals surface area contributed by atoms with E-state index >= 15 is 0 Å². The van der Waals surface area contributed by atoms with E-state index in [1.54, 1.807) is 36.4 Å². The van der Waals surface area contributed by atoms with Gasteiger partial charge >= 0.3 is 5.97 Å². The molecule has 0 heterocycles. The summed E-state index contributed by atoms with van der Waals surface area (Å²) in [5, 5.41) is 2.63. The van der Waals surface area contributed by atoms with Gasteiger partial charge in [-0.05, 0) is 30.7 Å². The van der Waals surface area contributed by atoms with Gasteiger partial charge in [0.05, 0.1) is 6.42 Å². The maximum Gasteiger partial charge on any atom is 0.311 e. The SMILES string of the molecule is C[C@H](OC(=O)Cc1ccccc1F)C(=O)Nc1ccccc1. The molecular formula is C17H16FNO3. The summed E-state index contributed by atoms with van der Waals surface area (Å²) in [7, 11) is 0. The van der Waals surface area contributed by atoms with Crippen molar-refractivity contribution in [1.29, 1.82) is 0 Å². The topological polar surface area (TPSA) is 55.4 Å². The summed E-state index contributed by atoms with van der Waals surface area (Å²) in [4.78, 5) is 23.7. The number of para-hydroxylation sites is 1. The van der Waals surface area contributed by atoms with Gasteiger partial charge in [0, 0.05) is 5.69 Å². The first kappa shape index (κ1) is 15.7. The molecule has 2 aromatic carbocycles. The van der Waals surface area contributed by atoms with Gasteiger partial charge in [0.25, 0.3) is 5.91 Å². The fraction of sp³-hybridized carbons (Fsp3) is 0.176. The van der Waals surface area contributed by atoms with Crippen molar-refractivity contribution in [3.63, 3.8) is 0 Å². The van der Waals surface area contributed by atoms with Crippen LogP contribution in [0.15, 0.2) is 54.6 Å². The molecule has 2 aromatic rings. The Morgan fingerprint density at radius 1 is 1.09 bits per heavy atom. The van der Waals surface area contributed by atoms with Crippen LogP contribution in [0, 0.1) is 5.82 Å². The van der Waals surface area contributed by atoms with Gasteiger partial charge in [0.1, 0.15) is 5.82 Å². The van der Waals surface area contributed by atoms with Gasteiger partial charge in [-0.25, -0.2) is 4.39 Å². The summed E-state index contributed by atoms with van der Waals surface area (Å²) in [6, 6.07) is 14.8. The van der Waals surface area contributed by atoms with E-state index in [9.17, 15) is 14.0 Å². The standard InChI is InChI=1S/C17H16FNO3/c1-12(17(21)19-14-8-3-2-4-9-14)22-16(20)11-13-7-5-6-10-15(13)18/h2-10,12H,11H2,1H3,(H,19,21)/t12-/m0/s1. The molecular weight excluding hydrogens is 285 g/mol. The maximum absolute atomic E-state index is 13.4. The van der Waals surface area contributed by atoms with Crippen molar-refractivity contribution in [2.45, 2.75) is 19.4 Å². The van der Waals surface area contributed by atoms with E-state index in [0.717, 1.165) is 0 Å². The molecule has 1 amide bonds. The maximum atomic E-state index is 13.4. The molecule has 0 bridgehead atoms. The second-order valence-electron chi connectivity index (χ2n) is 4.76. The molecule has 4 nitrogen and oxygen atoms in total. The fourth-order valence-corrected chi connectivity index (χ4v) is 1.85. The molecule has 1 atom stereocenters. The molecule has 0 saturated heterocycles. The Balaban J connectivity index is 1.88. The van der Waals surface area contributed by atoms with Crippen LogP contribution < -0.4 is 5.32 Å². The number of carbonyl (C=O) groups excluding carboxylic acids is 2. The van der Waals surface area contributed by atoms with Crippen LogP contribution in [0.5, 0.6) is 0 Å². The number of benzene rings is 2. The van der Waals surface area contributed by atoms with E-state index in [1.807, 2.05) is 6.07 Å². The lowest BCUT2D eigenvalue weighted by molar-refractivity contribution is -0.152. The van der Waals surface area contributed by atoms with Crippen LogP contribution >= 0.6 is 0 Å². The van der Waals surface area contributed by atoms with Gasteiger partial charge < -0.3 is 10.1 Å². The molecule has 0 spiro atoms. The Kier molecular flexibility index (Phi) is 5.25. The van der Waals surface area contributed by atoms with Gasteiger partial charge in [-0.1, -0.05) is 36.4 Å². The minimum atomic E-state index is -0.959. The van der Waals surface area contributed by atoms with Gasteiger partial charge in [-0.3, -0.25) is 9.59 Å². The van der Waals surface area contributed by atoms with E-state index in [-0.39, 0.29) is 12.0 Å². The number of rotatable bonds is 5. The average molecular weight is 301 g/mol. The van der Waals surface area contributed by atoms with Gasteiger partial charge in [-0.2, -0.15) is 0 Å². The molecule has 2 rings (SSSR count). The number of esters is 1. The number of hydrogen-bond acceptors (Lipinski definition) is 3. The predicted octanol–water partition coefficient (Wildman–Crippen LogP) is 2.94. The third-order valence-corrected chi connectivity index (χ3v) is 3.01. The van der Waals surface area contributed by atoms with E-state index in [1.165, 1.54) is 19.1 Å². The first-order chi connectivity index (χ1) is 10.6. The van der Waals surface area contributed by atoms with Crippen LogP contribution in [0.3, 0.4) is 0 Å². The quantitative estimate of drug-likeness (QED) is 0.864. The third-order valence-electron chi connectivity index (χ3n) is 3.01. The summed E-state index contributed by atoms with van der Waals surface area (Å²) in [6.45, 7) is 1.47. The van der Waals surface area contributed by atoms with Crippen LogP contribution in [-0.2, 0) is 20.7 Å². The summed E-state index contributed by atoms with van der Waals surface area (Å²) < 4.78 is 18.5. The number of hydrogen-bond donors (Lipinski definition) is 1. The molecule has 0 aliphatic rings. The van der Waals surface area contributed by atoms with Crippen molar-refractivity contribution in [2.24, 2.45) is 0 Å². The highest BCUT2D eigenvalue weighted by molar-refractivity contribution is 5.95. The summed E-state index contributed by atoms with van der Waals surface area (Å²) in [6.07, 6.45) is -1.17. The number of nitrogens with one attached hydrogen (secondary N) is 1. The van der Waals surface area contributed by atoms with Crippen molar-refractivity contribution in [1.82, 2.24) is 0 Å². The van der Waals surface area contributed by atoms with Gasteiger partial charge in [-0.15, -0.1) is 0 Å². The number of halogens is 1. The Labute approximate surface area is 127 Å². The zero-order valence-electron chi connectivity index (χ0n) is 12.1. The van der Waals surface area contributed by atoms with Crippen molar-refractivity contribution >= 4 is 17.6 Å². The lowest BCUT2D eigenvalue weighted by Gasteiger charge is -2.13. The Morgan fingerprint density at radius 3 is 2.41 bits per heavy atom. The normalized spacial score (nSPS) is 11.5. The zero-order valence-corrected chi connectivity index (χ0v) is 12.1. The van der Waals surface area contributed by atoms with E-state index in [4.69, 9.17) is 4.74 Å². The molecule has 0 aliphatic carbocycles. The van der Waals surface area contributed by atoms with Crippen molar-refractivity contribution in [3.8, 4) is 0 Å². The number of amides is 1. The summed E-state index contributed by atoms with van der Waals surface area (Å²) in [5.41, 5.74) is 0.854. The minimum Gasteiger partial charge on any atom is -0.452 e. The van der Waals surface area contributed by atoms with Crippen molar-refractivity contribution in [3.05, 3.63) is 66.0 Å². The van der Waals surface area contributed by atoms with E-state index in [0.29, 0.717) is 5.69 Å². The molecule has 0 radical (unpaired) electrons. The third kappa shape index (κ3) is 4.41. The van der Waals surface area contributed by atoms with Crippen LogP contribution in [0.2, 0.25) is 0 Å². The molecule has 0 fully saturated rings. The highest BCUT2D eigenvalue weighted by atomic mass is 19.1. The molecule has 1 N–H and O–H groups in total.